The van der Waals surface area contributed by atoms with Crippen LogP contribution in [0, 0.1) is 6.92 Å². The van der Waals surface area contributed by atoms with Gasteiger partial charge in [-0.1, -0.05) is 30.3 Å². The van der Waals surface area contributed by atoms with Crippen LogP contribution in [0.1, 0.15) is 22.5 Å². The van der Waals surface area contributed by atoms with Crippen molar-refractivity contribution in [1.82, 2.24) is 15.3 Å². The Morgan fingerprint density at radius 2 is 1.88 bits per heavy atom. The smallest absolute Gasteiger partial charge is 0.124 e. The molecular weight excluding hydrogens is 298 g/mol. The maximum Gasteiger partial charge on any atom is 0.124 e. The Morgan fingerprint density at radius 3 is 2.71 bits per heavy atom. The molecule has 0 unspecified atom stereocenters. The number of aryl methyl sites for hydroxylation is 1. The van der Waals surface area contributed by atoms with Gasteiger partial charge in [-0.05, 0) is 31.2 Å². The number of aromatic nitrogens is 2. The Bertz CT molecular complexity index is 775. The third-order valence-corrected chi connectivity index (χ3v) is 3.66. The van der Waals surface area contributed by atoms with Crippen LogP contribution in [0.3, 0.4) is 0 Å². The first-order valence-electron chi connectivity index (χ1n) is 8.04. The molecular formula is C20H21N3O. The molecule has 0 aliphatic heterocycles. The molecule has 0 aliphatic rings. The minimum atomic E-state index is 0.518. The third kappa shape index (κ3) is 4.64. The van der Waals surface area contributed by atoms with Gasteiger partial charge in [0.1, 0.15) is 12.4 Å². The number of ether oxygens (including phenoxy) is 1. The lowest BCUT2D eigenvalue weighted by Gasteiger charge is -2.12. The summed E-state index contributed by atoms with van der Waals surface area (Å²) in [6.45, 7) is 3.99. The summed E-state index contributed by atoms with van der Waals surface area (Å²) in [5.41, 5.74) is 4.27. The van der Waals surface area contributed by atoms with E-state index in [0.29, 0.717) is 6.61 Å². The number of benzene rings is 1. The van der Waals surface area contributed by atoms with Crippen molar-refractivity contribution in [2.24, 2.45) is 0 Å². The second-order valence-electron chi connectivity index (χ2n) is 5.63. The Labute approximate surface area is 142 Å². The SMILES string of the molecule is Cc1cccc(CNCc2ccccc2OCc2cccnc2)n1. The average Bonchev–Trinajstić information content (AvgIpc) is 2.62. The lowest BCUT2D eigenvalue weighted by molar-refractivity contribution is 0.301. The van der Waals surface area contributed by atoms with E-state index in [2.05, 4.69) is 21.4 Å². The predicted molar refractivity (Wildman–Crippen MR) is 94.5 cm³/mol. The summed E-state index contributed by atoms with van der Waals surface area (Å²) in [5.74, 6) is 0.894. The van der Waals surface area contributed by atoms with Gasteiger partial charge < -0.3 is 10.1 Å². The molecule has 0 atom stereocenters. The molecule has 0 fully saturated rings. The van der Waals surface area contributed by atoms with Gasteiger partial charge in [0.25, 0.3) is 0 Å². The van der Waals surface area contributed by atoms with Crippen molar-refractivity contribution in [3.05, 3.63) is 89.5 Å². The van der Waals surface area contributed by atoms with E-state index in [9.17, 15) is 0 Å². The molecule has 2 heterocycles. The topological polar surface area (TPSA) is 47.0 Å². The van der Waals surface area contributed by atoms with Crippen molar-refractivity contribution in [2.75, 3.05) is 0 Å². The molecule has 1 aromatic carbocycles. The van der Waals surface area contributed by atoms with Gasteiger partial charge in [-0.2, -0.15) is 0 Å². The first-order valence-corrected chi connectivity index (χ1v) is 8.04. The average molecular weight is 319 g/mol. The molecule has 0 bridgehead atoms. The highest BCUT2D eigenvalue weighted by Gasteiger charge is 2.04. The number of nitrogens with one attached hydrogen (secondary N) is 1. The molecule has 2 aromatic heterocycles. The van der Waals surface area contributed by atoms with Crippen LogP contribution in [0.25, 0.3) is 0 Å². The van der Waals surface area contributed by atoms with Gasteiger partial charge >= 0.3 is 0 Å². The molecule has 3 aromatic rings. The van der Waals surface area contributed by atoms with Gasteiger partial charge in [-0.25, -0.2) is 0 Å². The van der Waals surface area contributed by atoms with E-state index in [1.54, 1.807) is 6.20 Å². The Hall–Kier alpha value is -2.72. The van der Waals surface area contributed by atoms with Crippen LogP contribution >= 0.6 is 0 Å². The Morgan fingerprint density at radius 1 is 0.958 bits per heavy atom. The standard InChI is InChI=1S/C20H21N3O/c1-16-6-4-9-19(23-16)14-22-13-18-8-2-3-10-20(18)24-15-17-7-5-11-21-12-17/h2-12,22H,13-15H2,1H3. The molecule has 0 saturated carbocycles. The monoisotopic (exact) mass is 319 g/mol. The van der Waals surface area contributed by atoms with Crippen molar-refractivity contribution in [3.8, 4) is 5.75 Å². The largest absolute Gasteiger partial charge is 0.489 e. The molecule has 4 heteroatoms. The predicted octanol–water partition coefficient (Wildman–Crippen LogP) is 3.65. The molecule has 24 heavy (non-hydrogen) atoms. The summed E-state index contributed by atoms with van der Waals surface area (Å²) < 4.78 is 5.95. The van der Waals surface area contributed by atoms with Gasteiger partial charge in [0.15, 0.2) is 0 Å². The van der Waals surface area contributed by atoms with Crippen molar-refractivity contribution in [1.29, 1.82) is 0 Å². The second-order valence-corrected chi connectivity index (χ2v) is 5.63. The van der Waals surface area contributed by atoms with E-state index in [-0.39, 0.29) is 0 Å². The molecule has 122 valence electrons. The van der Waals surface area contributed by atoms with E-state index in [0.717, 1.165) is 41.4 Å². The minimum absolute atomic E-state index is 0.518. The number of para-hydroxylation sites is 1. The van der Waals surface area contributed by atoms with Crippen molar-refractivity contribution < 1.29 is 4.74 Å². The van der Waals surface area contributed by atoms with Crippen LogP contribution in [0.5, 0.6) is 5.75 Å². The zero-order valence-electron chi connectivity index (χ0n) is 13.8. The van der Waals surface area contributed by atoms with Crippen LogP contribution < -0.4 is 10.1 Å². The summed E-state index contributed by atoms with van der Waals surface area (Å²) in [4.78, 5) is 8.61. The van der Waals surface area contributed by atoms with Crippen LogP contribution in [0.4, 0.5) is 0 Å². The molecule has 0 spiro atoms. The molecule has 3 rings (SSSR count). The first kappa shape index (κ1) is 16.1. The molecule has 0 radical (unpaired) electrons. The number of pyridine rings is 2. The third-order valence-electron chi connectivity index (χ3n) is 3.66. The van der Waals surface area contributed by atoms with Gasteiger partial charge in [0.2, 0.25) is 0 Å². The van der Waals surface area contributed by atoms with Gasteiger partial charge in [0, 0.05) is 42.3 Å². The van der Waals surface area contributed by atoms with Crippen LogP contribution in [0.15, 0.2) is 67.0 Å². The van der Waals surface area contributed by atoms with E-state index < -0.39 is 0 Å². The normalized spacial score (nSPS) is 10.5. The number of rotatable bonds is 7. The van der Waals surface area contributed by atoms with Gasteiger partial charge in [-0.3, -0.25) is 9.97 Å². The minimum Gasteiger partial charge on any atom is -0.489 e. The maximum absolute atomic E-state index is 5.95. The van der Waals surface area contributed by atoms with Crippen LogP contribution in [0.2, 0.25) is 0 Å². The fraction of sp³-hybridized carbons (Fsp3) is 0.200. The highest BCUT2D eigenvalue weighted by molar-refractivity contribution is 5.33. The maximum atomic E-state index is 5.95. The fourth-order valence-electron chi connectivity index (χ4n) is 2.46. The summed E-state index contributed by atoms with van der Waals surface area (Å²) >= 11 is 0. The van der Waals surface area contributed by atoms with E-state index >= 15 is 0 Å². The number of nitrogens with zero attached hydrogens (tertiary/aromatic N) is 2. The zero-order valence-corrected chi connectivity index (χ0v) is 13.8. The molecule has 0 aliphatic carbocycles. The highest BCUT2D eigenvalue weighted by atomic mass is 16.5. The van der Waals surface area contributed by atoms with E-state index in [1.165, 1.54) is 0 Å². The van der Waals surface area contributed by atoms with Crippen LogP contribution in [-0.2, 0) is 19.7 Å². The van der Waals surface area contributed by atoms with Crippen LogP contribution in [-0.4, -0.2) is 9.97 Å². The van der Waals surface area contributed by atoms with E-state index in [4.69, 9.17) is 4.74 Å². The first-order chi connectivity index (χ1) is 11.8. The lowest BCUT2D eigenvalue weighted by Crippen LogP contribution is -2.14. The molecule has 4 nitrogen and oxygen atoms in total. The zero-order chi connectivity index (χ0) is 16.6. The molecule has 1 N–H and O–H groups in total. The highest BCUT2D eigenvalue weighted by Crippen LogP contribution is 2.19. The number of hydrogen-bond acceptors (Lipinski definition) is 4. The van der Waals surface area contributed by atoms with E-state index in [1.807, 2.05) is 61.7 Å². The van der Waals surface area contributed by atoms with Crippen molar-refractivity contribution in [3.63, 3.8) is 0 Å². The summed E-state index contributed by atoms with van der Waals surface area (Å²) in [5, 5.41) is 3.43. The molecule has 0 amide bonds. The van der Waals surface area contributed by atoms with Gasteiger partial charge in [-0.15, -0.1) is 0 Å². The van der Waals surface area contributed by atoms with Crippen molar-refractivity contribution in [2.45, 2.75) is 26.6 Å². The number of hydrogen-bond donors (Lipinski definition) is 1. The quantitative estimate of drug-likeness (QED) is 0.722. The fourth-order valence-corrected chi connectivity index (χ4v) is 2.46. The second kappa shape index (κ2) is 8.22. The Balaban J connectivity index is 1.57. The van der Waals surface area contributed by atoms with Gasteiger partial charge in [0.05, 0.1) is 5.69 Å². The molecule has 0 saturated heterocycles. The van der Waals surface area contributed by atoms with Crippen molar-refractivity contribution >= 4 is 0 Å². The Kier molecular flexibility index (Phi) is 5.53. The summed E-state index contributed by atoms with van der Waals surface area (Å²) in [6, 6.07) is 18.1. The summed E-state index contributed by atoms with van der Waals surface area (Å²) in [6.07, 6.45) is 3.59. The summed E-state index contributed by atoms with van der Waals surface area (Å²) in [7, 11) is 0. The lowest BCUT2D eigenvalue weighted by atomic mass is 10.2.